The number of fused-ring (bicyclic) bond motifs is 1. The molecule has 1 N–H and O–H groups in total. The highest BCUT2D eigenvalue weighted by atomic mass is 79.9. The summed E-state index contributed by atoms with van der Waals surface area (Å²) < 4.78 is 2.99. The van der Waals surface area contributed by atoms with Gasteiger partial charge in [0.05, 0.1) is 23.5 Å². The first-order valence-electron chi connectivity index (χ1n) is 8.30. The Morgan fingerprint density at radius 2 is 2.12 bits per heavy atom. The van der Waals surface area contributed by atoms with Gasteiger partial charge in [0, 0.05) is 34.7 Å². The molecule has 1 aromatic carbocycles. The van der Waals surface area contributed by atoms with E-state index in [0.717, 1.165) is 38.9 Å². The molecule has 0 unspecified atom stereocenters. The molecule has 3 aromatic rings. The molecule has 0 saturated carbocycles. The number of hydrogen-bond donors (Lipinski definition) is 1. The van der Waals surface area contributed by atoms with Gasteiger partial charge in [0.15, 0.2) is 5.16 Å². The standard InChI is InChI=1S/C19H17BrN4OS/c1-12-2-4-13(5-3-12)17-16(24-6-7-26-19(24)23-17)11-22-18(25)14-8-15(20)10-21-9-14/h2-5,8-10H,6-7,11H2,1H3,(H,22,25). The van der Waals surface area contributed by atoms with Crippen molar-refractivity contribution < 1.29 is 4.79 Å². The van der Waals surface area contributed by atoms with Crippen LogP contribution in [0, 0.1) is 6.92 Å². The second-order valence-electron chi connectivity index (χ2n) is 6.13. The number of imidazole rings is 1. The third kappa shape index (κ3) is 3.41. The number of hydrogen-bond acceptors (Lipinski definition) is 4. The van der Waals surface area contributed by atoms with Gasteiger partial charge in [-0.3, -0.25) is 9.78 Å². The molecule has 1 aliphatic rings. The predicted molar refractivity (Wildman–Crippen MR) is 106 cm³/mol. The van der Waals surface area contributed by atoms with Gasteiger partial charge < -0.3 is 9.88 Å². The lowest BCUT2D eigenvalue weighted by atomic mass is 10.1. The van der Waals surface area contributed by atoms with Crippen LogP contribution in [0.3, 0.4) is 0 Å². The molecular weight excluding hydrogens is 412 g/mol. The average molecular weight is 429 g/mol. The van der Waals surface area contributed by atoms with Crippen molar-refractivity contribution in [3.8, 4) is 11.3 Å². The lowest BCUT2D eigenvalue weighted by Crippen LogP contribution is -2.24. The fourth-order valence-corrected chi connectivity index (χ4v) is 4.29. The van der Waals surface area contributed by atoms with Crippen LogP contribution in [-0.2, 0) is 13.1 Å². The van der Waals surface area contributed by atoms with Crippen molar-refractivity contribution >= 4 is 33.6 Å². The summed E-state index contributed by atoms with van der Waals surface area (Å²) in [7, 11) is 0. The van der Waals surface area contributed by atoms with Crippen molar-refractivity contribution in [1.82, 2.24) is 19.9 Å². The van der Waals surface area contributed by atoms with Crippen LogP contribution in [0.15, 0.2) is 52.4 Å². The first kappa shape index (κ1) is 17.3. The number of aromatic nitrogens is 3. The van der Waals surface area contributed by atoms with Gasteiger partial charge in [-0.15, -0.1) is 0 Å². The number of benzene rings is 1. The summed E-state index contributed by atoms with van der Waals surface area (Å²) >= 11 is 5.11. The third-order valence-electron chi connectivity index (χ3n) is 4.29. The van der Waals surface area contributed by atoms with Crippen molar-refractivity contribution in [2.75, 3.05) is 5.75 Å². The first-order chi connectivity index (χ1) is 12.6. The third-order valence-corrected chi connectivity index (χ3v) is 5.68. The Hall–Kier alpha value is -2.12. The maximum absolute atomic E-state index is 12.5. The molecule has 0 fully saturated rings. The van der Waals surface area contributed by atoms with Gasteiger partial charge in [-0.2, -0.15) is 0 Å². The van der Waals surface area contributed by atoms with Crippen LogP contribution in [0.25, 0.3) is 11.3 Å². The molecule has 0 radical (unpaired) electrons. The van der Waals surface area contributed by atoms with Gasteiger partial charge in [-0.1, -0.05) is 41.6 Å². The normalized spacial score (nSPS) is 12.8. The maximum atomic E-state index is 12.5. The van der Waals surface area contributed by atoms with Gasteiger partial charge in [0.25, 0.3) is 5.91 Å². The molecule has 132 valence electrons. The molecule has 7 heteroatoms. The van der Waals surface area contributed by atoms with E-state index in [0.29, 0.717) is 12.1 Å². The fraction of sp³-hybridized carbons (Fsp3) is 0.211. The van der Waals surface area contributed by atoms with Crippen molar-refractivity contribution in [2.45, 2.75) is 25.2 Å². The van der Waals surface area contributed by atoms with E-state index in [1.165, 1.54) is 5.56 Å². The van der Waals surface area contributed by atoms with Crippen molar-refractivity contribution in [2.24, 2.45) is 0 Å². The minimum absolute atomic E-state index is 0.144. The van der Waals surface area contributed by atoms with Crippen LogP contribution in [0.4, 0.5) is 0 Å². The van der Waals surface area contributed by atoms with Gasteiger partial charge in [0.2, 0.25) is 0 Å². The van der Waals surface area contributed by atoms with Crippen molar-refractivity contribution in [3.63, 3.8) is 0 Å². The molecule has 0 atom stereocenters. The minimum atomic E-state index is -0.144. The number of thioether (sulfide) groups is 1. The van der Waals surface area contributed by atoms with E-state index in [-0.39, 0.29) is 5.91 Å². The number of pyridine rings is 1. The lowest BCUT2D eigenvalue weighted by molar-refractivity contribution is 0.0949. The number of carbonyl (C=O) groups is 1. The van der Waals surface area contributed by atoms with E-state index in [4.69, 9.17) is 4.98 Å². The van der Waals surface area contributed by atoms with Crippen molar-refractivity contribution in [3.05, 3.63) is 64.0 Å². The molecule has 0 saturated heterocycles. The largest absolute Gasteiger partial charge is 0.346 e. The summed E-state index contributed by atoms with van der Waals surface area (Å²) in [5, 5.41) is 4.03. The zero-order chi connectivity index (χ0) is 18.1. The Balaban J connectivity index is 1.61. The number of nitrogens with one attached hydrogen (secondary N) is 1. The van der Waals surface area contributed by atoms with E-state index < -0.39 is 0 Å². The van der Waals surface area contributed by atoms with Gasteiger partial charge in [-0.25, -0.2) is 4.98 Å². The Kier molecular flexibility index (Phi) is 4.82. The molecule has 0 aliphatic carbocycles. The summed E-state index contributed by atoms with van der Waals surface area (Å²) in [4.78, 5) is 21.3. The molecule has 2 aromatic heterocycles. The SMILES string of the molecule is Cc1ccc(-c2nc3n(c2CNC(=O)c2cncc(Br)c2)CCS3)cc1. The Labute approximate surface area is 164 Å². The highest BCUT2D eigenvalue weighted by Crippen LogP contribution is 2.33. The average Bonchev–Trinajstić information content (AvgIpc) is 3.22. The van der Waals surface area contributed by atoms with E-state index in [1.807, 2.05) is 0 Å². The molecule has 1 aliphatic heterocycles. The topological polar surface area (TPSA) is 59.8 Å². The van der Waals surface area contributed by atoms with Crippen LogP contribution in [0.5, 0.6) is 0 Å². The van der Waals surface area contributed by atoms with Crippen LogP contribution in [-0.4, -0.2) is 26.2 Å². The van der Waals surface area contributed by atoms with E-state index in [9.17, 15) is 4.79 Å². The zero-order valence-corrected chi connectivity index (χ0v) is 16.6. The first-order valence-corrected chi connectivity index (χ1v) is 10.1. The Morgan fingerprint density at radius 1 is 1.31 bits per heavy atom. The van der Waals surface area contributed by atoms with Crippen LogP contribution in [0.2, 0.25) is 0 Å². The fourth-order valence-electron chi connectivity index (χ4n) is 2.96. The second-order valence-corrected chi connectivity index (χ2v) is 8.11. The summed E-state index contributed by atoms with van der Waals surface area (Å²) in [5.74, 6) is 0.877. The smallest absolute Gasteiger partial charge is 0.253 e. The molecule has 26 heavy (non-hydrogen) atoms. The summed E-state index contributed by atoms with van der Waals surface area (Å²) in [6.45, 7) is 3.42. The molecule has 4 rings (SSSR count). The zero-order valence-electron chi connectivity index (χ0n) is 14.2. The second kappa shape index (κ2) is 7.25. The highest BCUT2D eigenvalue weighted by molar-refractivity contribution is 9.10. The summed E-state index contributed by atoms with van der Waals surface area (Å²) in [6, 6.07) is 10.1. The highest BCUT2D eigenvalue weighted by Gasteiger charge is 2.23. The Morgan fingerprint density at radius 3 is 2.88 bits per heavy atom. The van der Waals surface area contributed by atoms with E-state index >= 15 is 0 Å². The van der Waals surface area contributed by atoms with Crippen LogP contribution < -0.4 is 5.32 Å². The van der Waals surface area contributed by atoms with Gasteiger partial charge in [0.1, 0.15) is 0 Å². The number of rotatable bonds is 4. The number of halogens is 1. The molecular formula is C19H17BrN4OS. The van der Waals surface area contributed by atoms with Crippen molar-refractivity contribution in [1.29, 1.82) is 0 Å². The number of carbonyl (C=O) groups excluding carboxylic acids is 1. The monoisotopic (exact) mass is 428 g/mol. The van der Waals surface area contributed by atoms with E-state index in [1.54, 1.807) is 30.2 Å². The molecule has 1 amide bonds. The number of nitrogens with zero attached hydrogens (tertiary/aromatic N) is 3. The Bertz CT molecular complexity index is 968. The number of amides is 1. The molecule has 0 spiro atoms. The molecule has 3 heterocycles. The van der Waals surface area contributed by atoms with Crippen LogP contribution in [0.1, 0.15) is 21.6 Å². The van der Waals surface area contributed by atoms with Gasteiger partial charge >= 0.3 is 0 Å². The van der Waals surface area contributed by atoms with Gasteiger partial charge in [-0.05, 0) is 28.9 Å². The molecule has 5 nitrogen and oxygen atoms in total. The minimum Gasteiger partial charge on any atom is -0.346 e. The quantitative estimate of drug-likeness (QED) is 0.680. The number of aryl methyl sites for hydroxylation is 1. The summed E-state index contributed by atoms with van der Waals surface area (Å²) in [6.07, 6.45) is 3.23. The van der Waals surface area contributed by atoms with E-state index in [2.05, 4.69) is 62.0 Å². The lowest BCUT2D eigenvalue weighted by Gasteiger charge is -2.10. The van der Waals surface area contributed by atoms with Crippen LogP contribution >= 0.6 is 27.7 Å². The maximum Gasteiger partial charge on any atom is 0.253 e. The predicted octanol–water partition coefficient (Wildman–Crippen LogP) is 4.05. The summed E-state index contributed by atoms with van der Waals surface area (Å²) in [5.41, 5.74) is 4.81. The molecule has 0 bridgehead atoms.